The van der Waals surface area contributed by atoms with Crippen molar-refractivity contribution >= 4 is 21.5 Å². The van der Waals surface area contributed by atoms with Crippen molar-refractivity contribution < 1.29 is 8.42 Å². The van der Waals surface area contributed by atoms with Crippen LogP contribution in [-0.4, -0.2) is 18.4 Å². The Kier molecular flexibility index (Phi) is 3.15. The molecule has 2 aromatic rings. The van der Waals surface area contributed by atoms with Crippen LogP contribution in [0, 0.1) is 6.92 Å². The summed E-state index contributed by atoms with van der Waals surface area (Å²) in [7, 11) is -3.69. The van der Waals surface area contributed by atoms with Crippen LogP contribution in [0.25, 0.3) is 0 Å². The van der Waals surface area contributed by atoms with E-state index in [2.05, 4.69) is 14.7 Å². The largest absolute Gasteiger partial charge is 0.399 e. The van der Waals surface area contributed by atoms with E-state index in [0.717, 1.165) is 5.56 Å². The molecule has 0 radical (unpaired) electrons. The summed E-state index contributed by atoms with van der Waals surface area (Å²) in [5.74, 6) is 0.164. The van der Waals surface area contributed by atoms with Gasteiger partial charge in [-0.25, -0.2) is 13.4 Å². The minimum absolute atomic E-state index is 0.102. The number of nitrogen functional groups attached to an aromatic ring is 1. The number of nitrogens with two attached hydrogens (primary N) is 1. The lowest BCUT2D eigenvalue weighted by Crippen LogP contribution is -2.14. The fourth-order valence-corrected chi connectivity index (χ4v) is 2.61. The molecule has 6 nitrogen and oxygen atoms in total. The highest BCUT2D eigenvalue weighted by atomic mass is 32.2. The van der Waals surface area contributed by atoms with Crippen molar-refractivity contribution in [2.75, 3.05) is 10.5 Å². The third-order valence-corrected chi connectivity index (χ3v) is 3.52. The maximum Gasteiger partial charge on any atom is 0.263 e. The average molecular weight is 264 g/mol. The van der Waals surface area contributed by atoms with Gasteiger partial charge in [-0.05, 0) is 30.7 Å². The first kappa shape index (κ1) is 12.3. The highest BCUT2D eigenvalue weighted by Crippen LogP contribution is 2.18. The van der Waals surface area contributed by atoms with Crippen LogP contribution in [-0.2, 0) is 10.0 Å². The zero-order chi connectivity index (χ0) is 13.2. The number of hydrogen-bond donors (Lipinski definition) is 2. The third kappa shape index (κ3) is 2.75. The number of nitrogens with zero attached hydrogens (tertiary/aromatic N) is 2. The van der Waals surface area contributed by atoms with Gasteiger partial charge in [-0.3, -0.25) is 9.71 Å². The average Bonchev–Trinajstić information content (AvgIpc) is 2.28. The van der Waals surface area contributed by atoms with E-state index in [1.807, 2.05) is 0 Å². The van der Waals surface area contributed by atoms with Gasteiger partial charge in [0.1, 0.15) is 0 Å². The van der Waals surface area contributed by atoms with Crippen molar-refractivity contribution in [1.29, 1.82) is 0 Å². The Morgan fingerprint density at radius 3 is 2.61 bits per heavy atom. The van der Waals surface area contributed by atoms with Gasteiger partial charge in [0, 0.05) is 18.1 Å². The van der Waals surface area contributed by atoms with Crippen LogP contribution in [0.1, 0.15) is 5.56 Å². The second kappa shape index (κ2) is 4.61. The number of benzene rings is 1. The standard InChI is InChI=1S/C11H12N4O2S/c1-8-4-9(12)6-10(5-8)18(16,17)15-11-7-13-2-3-14-11/h2-7H,12H2,1H3,(H,14,15). The van der Waals surface area contributed by atoms with Crippen LogP contribution >= 0.6 is 0 Å². The molecule has 94 valence electrons. The molecule has 0 fully saturated rings. The number of nitrogens with one attached hydrogen (secondary N) is 1. The molecule has 0 amide bonds. The number of sulfonamides is 1. The number of rotatable bonds is 3. The van der Waals surface area contributed by atoms with Gasteiger partial charge in [0.15, 0.2) is 5.82 Å². The van der Waals surface area contributed by atoms with Gasteiger partial charge < -0.3 is 5.73 Å². The number of anilines is 2. The van der Waals surface area contributed by atoms with Gasteiger partial charge in [0.2, 0.25) is 0 Å². The van der Waals surface area contributed by atoms with E-state index in [-0.39, 0.29) is 10.7 Å². The molecule has 0 aliphatic rings. The normalized spacial score (nSPS) is 11.2. The molecule has 1 aromatic heterocycles. The van der Waals surface area contributed by atoms with Crippen molar-refractivity contribution in [1.82, 2.24) is 9.97 Å². The molecule has 0 saturated carbocycles. The number of aryl methyl sites for hydroxylation is 1. The van der Waals surface area contributed by atoms with Crippen molar-refractivity contribution in [2.24, 2.45) is 0 Å². The second-order valence-corrected chi connectivity index (χ2v) is 5.46. The Morgan fingerprint density at radius 1 is 1.22 bits per heavy atom. The molecule has 0 saturated heterocycles. The molecule has 0 aliphatic carbocycles. The van der Waals surface area contributed by atoms with Crippen molar-refractivity contribution in [2.45, 2.75) is 11.8 Å². The summed E-state index contributed by atoms with van der Waals surface area (Å²) in [6.45, 7) is 1.78. The lowest BCUT2D eigenvalue weighted by Gasteiger charge is -2.08. The quantitative estimate of drug-likeness (QED) is 0.811. The first-order valence-electron chi connectivity index (χ1n) is 5.13. The van der Waals surface area contributed by atoms with E-state index >= 15 is 0 Å². The topological polar surface area (TPSA) is 98.0 Å². The molecule has 0 spiro atoms. The SMILES string of the molecule is Cc1cc(N)cc(S(=O)(=O)Nc2cnccn2)c1. The van der Waals surface area contributed by atoms with Gasteiger partial charge in [-0.1, -0.05) is 0 Å². The molecular formula is C11H12N4O2S. The summed E-state index contributed by atoms with van der Waals surface area (Å²) >= 11 is 0. The van der Waals surface area contributed by atoms with Gasteiger partial charge in [-0.2, -0.15) is 0 Å². The van der Waals surface area contributed by atoms with E-state index in [9.17, 15) is 8.42 Å². The predicted octanol–water partition coefficient (Wildman–Crippen LogP) is 1.17. The maximum atomic E-state index is 12.1. The molecular weight excluding hydrogens is 252 g/mol. The van der Waals surface area contributed by atoms with Crippen LogP contribution in [0.2, 0.25) is 0 Å². The fourth-order valence-electron chi connectivity index (χ4n) is 1.48. The van der Waals surface area contributed by atoms with Gasteiger partial charge in [0.25, 0.3) is 10.0 Å². The number of aromatic nitrogens is 2. The molecule has 18 heavy (non-hydrogen) atoms. The summed E-state index contributed by atoms with van der Waals surface area (Å²) in [5, 5.41) is 0. The van der Waals surface area contributed by atoms with Gasteiger partial charge in [-0.15, -0.1) is 0 Å². The Bertz CT molecular complexity index is 636. The fraction of sp³-hybridized carbons (Fsp3) is 0.0909. The monoisotopic (exact) mass is 264 g/mol. The summed E-state index contributed by atoms with van der Waals surface area (Å²) in [6, 6.07) is 4.63. The highest BCUT2D eigenvalue weighted by molar-refractivity contribution is 7.92. The second-order valence-electron chi connectivity index (χ2n) is 3.78. The molecule has 2 rings (SSSR count). The minimum atomic E-state index is -3.69. The first-order chi connectivity index (χ1) is 8.47. The zero-order valence-corrected chi connectivity index (χ0v) is 10.5. The summed E-state index contributed by atoms with van der Waals surface area (Å²) in [5.41, 5.74) is 6.80. The zero-order valence-electron chi connectivity index (χ0n) is 9.66. The summed E-state index contributed by atoms with van der Waals surface area (Å²) in [4.78, 5) is 7.74. The number of hydrogen-bond acceptors (Lipinski definition) is 5. The Balaban J connectivity index is 2.37. The Morgan fingerprint density at radius 2 is 2.00 bits per heavy atom. The molecule has 0 atom stereocenters. The molecule has 0 bridgehead atoms. The van der Waals surface area contributed by atoms with Crippen LogP contribution in [0.4, 0.5) is 11.5 Å². The maximum absolute atomic E-state index is 12.1. The van der Waals surface area contributed by atoms with Crippen LogP contribution < -0.4 is 10.5 Å². The van der Waals surface area contributed by atoms with Crippen molar-refractivity contribution in [3.63, 3.8) is 0 Å². The van der Waals surface area contributed by atoms with Crippen molar-refractivity contribution in [3.8, 4) is 0 Å². The van der Waals surface area contributed by atoms with Crippen molar-refractivity contribution in [3.05, 3.63) is 42.4 Å². The molecule has 7 heteroatoms. The van der Waals surface area contributed by atoms with E-state index < -0.39 is 10.0 Å². The van der Waals surface area contributed by atoms with E-state index in [1.165, 1.54) is 30.7 Å². The Labute approximate surface area is 105 Å². The lowest BCUT2D eigenvalue weighted by atomic mass is 10.2. The molecule has 1 aromatic carbocycles. The third-order valence-electron chi connectivity index (χ3n) is 2.19. The molecule has 1 heterocycles. The lowest BCUT2D eigenvalue weighted by molar-refractivity contribution is 0.601. The first-order valence-corrected chi connectivity index (χ1v) is 6.62. The summed E-state index contributed by atoms with van der Waals surface area (Å²) < 4.78 is 26.5. The van der Waals surface area contributed by atoms with Crippen LogP contribution in [0.5, 0.6) is 0 Å². The van der Waals surface area contributed by atoms with E-state index in [1.54, 1.807) is 13.0 Å². The van der Waals surface area contributed by atoms with Gasteiger partial charge >= 0.3 is 0 Å². The van der Waals surface area contributed by atoms with Crippen LogP contribution in [0.15, 0.2) is 41.7 Å². The van der Waals surface area contributed by atoms with Crippen LogP contribution in [0.3, 0.4) is 0 Å². The smallest absolute Gasteiger partial charge is 0.263 e. The Hall–Kier alpha value is -2.15. The molecule has 0 unspecified atom stereocenters. The van der Waals surface area contributed by atoms with Gasteiger partial charge in [0.05, 0.1) is 11.1 Å². The highest BCUT2D eigenvalue weighted by Gasteiger charge is 2.15. The van der Waals surface area contributed by atoms with E-state index in [0.29, 0.717) is 5.69 Å². The molecule has 3 N–H and O–H groups in total. The van der Waals surface area contributed by atoms with E-state index in [4.69, 9.17) is 5.73 Å². The summed E-state index contributed by atoms with van der Waals surface area (Å²) in [6.07, 6.45) is 4.20. The predicted molar refractivity (Wildman–Crippen MR) is 68.4 cm³/mol. The minimum Gasteiger partial charge on any atom is -0.399 e. The molecule has 0 aliphatic heterocycles.